The molecule has 1 aromatic heterocycles. The van der Waals surface area contributed by atoms with Crippen LogP contribution in [0.3, 0.4) is 0 Å². The number of likely N-dealkylation sites (tertiary alicyclic amines) is 1. The van der Waals surface area contributed by atoms with Gasteiger partial charge in [0.05, 0.1) is 6.04 Å². The molecule has 2 aliphatic heterocycles. The second-order valence-electron chi connectivity index (χ2n) is 9.68. The van der Waals surface area contributed by atoms with E-state index in [0.717, 1.165) is 55.8 Å². The monoisotopic (exact) mass is 457 g/mol. The molecular weight excluding hydrogens is 426 g/mol. The lowest BCUT2D eigenvalue weighted by Crippen LogP contribution is -2.47. The molecule has 1 atom stereocenters. The van der Waals surface area contributed by atoms with E-state index in [4.69, 9.17) is 0 Å². The molecule has 0 unspecified atom stereocenters. The van der Waals surface area contributed by atoms with Crippen LogP contribution in [-0.2, 0) is 11.2 Å². The highest BCUT2D eigenvalue weighted by molar-refractivity contribution is 9.10. The van der Waals surface area contributed by atoms with Crippen LogP contribution in [-0.4, -0.2) is 46.4 Å². The number of aromatic amines is 1. The number of piperidine rings is 1. The minimum Gasteiger partial charge on any atom is -0.356 e. The Morgan fingerprint density at radius 2 is 1.93 bits per heavy atom. The van der Waals surface area contributed by atoms with Crippen LogP contribution in [0.2, 0.25) is 0 Å². The normalized spacial score (nSPS) is 23.7. The summed E-state index contributed by atoms with van der Waals surface area (Å²) in [6.07, 6.45) is 6.76. The van der Waals surface area contributed by atoms with Crippen LogP contribution < -0.4 is 0 Å². The van der Waals surface area contributed by atoms with Crippen molar-refractivity contribution in [3.8, 4) is 0 Å². The number of hydrogen-bond donors (Lipinski definition) is 1. The van der Waals surface area contributed by atoms with E-state index in [1.165, 1.54) is 35.0 Å². The fourth-order valence-electron chi connectivity index (χ4n) is 5.48. The number of benzene rings is 1. The molecule has 5 heteroatoms. The summed E-state index contributed by atoms with van der Waals surface area (Å²) in [6.45, 7) is 7.60. The van der Waals surface area contributed by atoms with Gasteiger partial charge in [0.1, 0.15) is 0 Å². The number of nitrogens with one attached hydrogen (secondary N) is 1. The average Bonchev–Trinajstić information content (AvgIpc) is 3.49. The van der Waals surface area contributed by atoms with Gasteiger partial charge in [-0.2, -0.15) is 0 Å². The zero-order valence-corrected chi connectivity index (χ0v) is 19.2. The molecule has 1 aliphatic carbocycles. The first-order chi connectivity index (χ1) is 14.0. The molecule has 2 aromatic rings. The smallest absolute Gasteiger partial charge is 0.226 e. The molecule has 3 heterocycles. The van der Waals surface area contributed by atoms with Gasteiger partial charge in [-0.05, 0) is 81.3 Å². The topological polar surface area (TPSA) is 39.3 Å². The van der Waals surface area contributed by atoms with Gasteiger partial charge >= 0.3 is 0 Å². The van der Waals surface area contributed by atoms with Crippen molar-refractivity contribution in [3.63, 3.8) is 0 Å². The molecule has 1 saturated heterocycles. The van der Waals surface area contributed by atoms with Gasteiger partial charge < -0.3 is 14.8 Å². The number of carbonyl (C=O) groups is 1. The number of nitrogens with zero attached hydrogens (tertiary/aromatic N) is 2. The molecule has 1 amide bonds. The van der Waals surface area contributed by atoms with Gasteiger partial charge in [0, 0.05) is 39.6 Å². The predicted octanol–water partition coefficient (Wildman–Crippen LogP) is 5.28. The van der Waals surface area contributed by atoms with Crippen LogP contribution in [0.5, 0.6) is 0 Å². The Kier molecular flexibility index (Phi) is 5.23. The molecule has 0 spiro atoms. The number of amides is 1. The average molecular weight is 458 g/mol. The number of hydrogen-bond acceptors (Lipinski definition) is 2. The van der Waals surface area contributed by atoms with E-state index < -0.39 is 0 Å². The molecule has 1 aromatic carbocycles. The van der Waals surface area contributed by atoms with Gasteiger partial charge in [-0.15, -0.1) is 0 Å². The highest BCUT2D eigenvalue weighted by Gasteiger charge is 2.39. The van der Waals surface area contributed by atoms with Crippen LogP contribution in [0, 0.1) is 11.8 Å². The molecule has 4 nitrogen and oxygen atoms in total. The molecule has 3 aliphatic rings. The Balaban J connectivity index is 1.41. The predicted molar refractivity (Wildman–Crippen MR) is 121 cm³/mol. The molecule has 5 rings (SSSR count). The summed E-state index contributed by atoms with van der Waals surface area (Å²) in [7, 11) is 0. The highest BCUT2D eigenvalue weighted by Crippen LogP contribution is 2.40. The van der Waals surface area contributed by atoms with Crippen molar-refractivity contribution in [1.29, 1.82) is 0 Å². The standard InChI is InChI=1S/C24H32BrN3O/c1-15(2)13-22-23-19(20-14-17(25)3-6-21(20)26-23)9-12-28(22)24(29)16-7-10-27(11-8-16)18-4-5-18/h3,6,14-16,18,22,26H,4-5,7-13H2,1-2H3/t22-/m0/s1. The minimum absolute atomic E-state index is 0.180. The molecule has 0 radical (unpaired) electrons. The summed E-state index contributed by atoms with van der Waals surface area (Å²) >= 11 is 3.62. The maximum atomic E-state index is 13.6. The van der Waals surface area contributed by atoms with E-state index in [-0.39, 0.29) is 12.0 Å². The Morgan fingerprint density at radius 3 is 2.62 bits per heavy atom. The van der Waals surface area contributed by atoms with Crippen LogP contribution in [0.25, 0.3) is 10.9 Å². The van der Waals surface area contributed by atoms with Gasteiger partial charge in [0.15, 0.2) is 0 Å². The van der Waals surface area contributed by atoms with Crippen LogP contribution in [0.4, 0.5) is 0 Å². The minimum atomic E-state index is 0.180. The largest absolute Gasteiger partial charge is 0.356 e. The van der Waals surface area contributed by atoms with Gasteiger partial charge in [-0.1, -0.05) is 29.8 Å². The van der Waals surface area contributed by atoms with Crippen molar-refractivity contribution >= 4 is 32.7 Å². The van der Waals surface area contributed by atoms with Crippen LogP contribution >= 0.6 is 15.9 Å². The SMILES string of the molecule is CC(C)C[C@H]1c2[nH]c3ccc(Br)cc3c2CCN1C(=O)C1CCN(C2CC2)CC1. The molecule has 1 N–H and O–H groups in total. The van der Waals surface area contributed by atoms with E-state index in [0.29, 0.717) is 11.8 Å². The van der Waals surface area contributed by atoms with Gasteiger partial charge in [0.2, 0.25) is 5.91 Å². The molecule has 29 heavy (non-hydrogen) atoms. The Morgan fingerprint density at radius 1 is 1.17 bits per heavy atom. The number of rotatable bonds is 4. The molecule has 156 valence electrons. The van der Waals surface area contributed by atoms with E-state index in [2.05, 4.69) is 62.8 Å². The lowest BCUT2D eigenvalue weighted by atomic mass is 9.88. The summed E-state index contributed by atoms with van der Waals surface area (Å²) < 4.78 is 1.12. The van der Waals surface area contributed by atoms with Crippen molar-refractivity contribution in [2.45, 2.75) is 64.5 Å². The summed E-state index contributed by atoms with van der Waals surface area (Å²) in [6, 6.07) is 7.48. The molecular formula is C24H32BrN3O. The second-order valence-corrected chi connectivity index (χ2v) is 10.6. The van der Waals surface area contributed by atoms with Crippen LogP contribution in [0.1, 0.15) is 63.3 Å². The fraction of sp³-hybridized carbons (Fsp3) is 0.625. The second kappa shape index (κ2) is 7.73. The summed E-state index contributed by atoms with van der Waals surface area (Å²) in [4.78, 5) is 22.1. The zero-order valence-electron chi connectivity index (χ0n) is 17.6. The first kappa shape index (κ1) is 19.6. The highest BCUT2D eigenvalue weighted by atomic mass is 79.9. The molecule has 0 bridgehead atoms. The number of halogens is 1. The lowest BCUT2D eigenvalue weighted by molar-refractivity contribution is -0.140. The van der Waals surface area contributed by atoms with Crippen molar-refractivity contribution in [2.24, 2.45) is 11.8 Å². The van der Waals surface area contributed by atoms with E-state index in [9.17, 15) is 4.79 Å². The van der Waals surface area contributed by atoms with Crippen molar-refractivity contribution < 1.29 is 4.79 Å². The number of fused-ring (bicyclic) bond motifs is 3. The Labute approximate surface area is 182 Å². The quantitative estimate of drug-likeness (QED) is 0.678. The number of aromatic nitrogens is 1. The van der Waals surface area contributed by atoms with Crippen LogP contribution in [0.15, 0.2) is 22.7 Å². The summed E-state index contributed by atoms with van der Waals surface area (Å²) in [5.41, 5.74) is 3.89. The third kappa shape index (κ3) is 3.76. The maximum Gasteiger partial charge on any atom is 0.226 e. The van der Waals surface area contributed by atoms with Crippen molar-refractivity contribution in [3.05, 3.63) is 33.9 Å². The van der Waals surface area contributed by atoms with Gasteiger partial charge in [0.25, 0.3) is 0 Å². The summed E-state index contributed by atoms with van der Waals surface area (Å²) in [5, 5.41) is 1.31. The van der Waals surface area contributed by atoms with Gasteiger partial charge in [-0.3, -0.25) is 4.79 Å². The number of H-pyrrole nitrogens is 1. The summed E-state index contributed by atoms with van der Waals surface area (Å²) in [5.74, 6) is 1.16. The zero-order chi connectivity index (χ0) is 20.1. The Hall–Kier alpha value is -1.33. The van der Waals surface area contributed by atoms with E-state index in [1.807, 2.05) is 0 Å². The third-order valence-corrected chi connectivity index (χ3v) is 7.63. The van der Waals surface area contributed by atoms with E-state index >= 15 is 0 Å². The molecule has 2 fully saturated rings. The number of carbonyl (C=O) groups excluding carboxylic acids is 1. The first-order valence-electron chi connectivity index (χ1n) is 11.4. The first-order valence-corrected chi connectivity index (χ1v) is 12.1. The molecule has 1 saturated carbocycles. The van der Waals surface area contributed by atoms with E-state index in [1.54, 1.807) is 0 Å². The third-order valence-electron chi connectivity index (χ3n) is 7.13. The van der Waals surface area contributed by atoms with Crippen molar-refractivity contribution in [2.75, 3.05) is 19.6 Å². The maximum absolute atomic E-state index is 13.6. The van der Waals surface area contributed by atoms with Gasteiger partial charge in [-0.25, -0.2) is 0 Å². The fourth-order valence-corrected chi connectivity index (χ4v) is 5.84. The lowest BCUT2D eigenvalue weighted by Gasteiger charge is -2.40. The van der Waals surface area contributed by atoms with Crippen molar-refractivity contribution in [1.82, 2.24) is 14.8 Å². The Bertz CT molecular complexity index is 908.